The van der Waals surface area contributed by atoms with Gasteiger partial charge >= 0.3 is 0 Å². The van der Waals surface area contributed by atoms with Gasteiger partial charge in [0.2, 0.25) is 11.8 Å². The van der Waals surface area contributed by atoms with Crippen LogP contribution in [0.1, 0.15) is 76.7 Å². The SMILES string of the molecule is CCCCOc1ccc(CNC(=O)CC2CCN(C(=O)C3CCCCC3)CC2)cc1. The summed E-state index contributed by atoms with van der Waals surface area (Å²) in [5, 5.41) is 3.04. The second-order valence-corrected chi connectivity index (χ2v) is 8.93. The Morgan fingerprint density at radius 1 is 1.03 bits per heavy atom. The summed E-state index contributed by atoms with van der Waals surface area (Å²) in [7, 11) is 0. The largest absolute Gasteiger partial charge is 0.494 e. The van der Waals surface area contributed by atoms with Gasteiger partial charge in [-0.25, -0.2) is 0 Å². The van der Waals surface area contributed by atoms with Crippen molar-refractivity contribution in [1.29, 1.82) is 0 Å². The van der Waals surface area contributed by atoms with Gasteiger partial charge in [0.1, 0.15) is 5.75 Å². The maximum Gasteiger partial charge on any atom is 0.225 e. The number of hydrogen-bond acceptors (Lipinski definition) is 3. The van der Waals surface area contributed by atoms with Gasteiger partial charge in [0.05, 0.1) is 6.61 Å². The molecule has 5 nitrogen and oxygen atoms in total. The first-order valence-corrected chi connectivity index (χ1v) is 11.9. The van der Waals surface area contributed by atoms with E-state index < -0.39 is 0 Å². The van der Waals surface area contributed by atoms with E-state index in [1.54, 1.807) is 0 Å². The fraction of sp³-hybridized carbons (Fsp3) is 0.680. The van der Waals surface area contributed by atoms with Crippen LogP contribution >= 0.6 is 0 Å². The molecule has 1 saturated carbocycles. The van der Waals surface area contributed by atoms with E-state index in [0.717, 1.165) is 69.5 Å². The van der Waals surface area contributed by atoms with E-state index in [1.807, 2.05) is 24.3 Å². The first kappa shape index (κ1) is 22.6. The number of amides is 2. The van der Waals surface area contributed by atoms with E-state index in [2.05, 4.69) is 17.1 Å². The van der Waals surface area contributed by atoms with Gasteiger partial charge in [-0.1, -0.05) is 44.7 Å². The zero-order valence-corrected chi connectivity index (χ0v) is 18.5. The number of piperidine rings is 1. The van der Waals surface area contributed by atoms with E-state index in [-0.39, 0.29) is 11.8 Å². The van der Waals surface area contributed by atoms with Crippen molar-refractivity contribution in [2.75, 3.05) is 19.7 Å². The van der Waals surface area contributed by atoms with Gasteiger partial charge in [0.25, 0.3) is 0 Å². The van der Waals surface area contributed by atoms with Crippen molar-refractivity contribution in [2.24, 2.45) is 11.8 Å². The Morgan fingerprint density at radius 2 is 1.73 bits per heavy atom. The van der Waals surface area contributed by atoms with Gasteiger partial charge in [0, 0.05) is 32.0 Å². The first-order chi connectivity index (χ1) is 14.7. The molecule has 1 aliphatic carbocycles. The number of rotatable bonds is 9. The average Bonchev–Trinajstić information content (AvgIpc) is 2.79. The molecule has 30 heavy (non-hydrogen) atoms. The van der Waals surface area contributed by atoms with Gasteiger partial charge in [0.15, 0.2) is 0 Å². The van der Waals surface area contributed by atoms with Crippen LogP contribution in [0.5, 0.6) is 5.75 Å². The van der Waals surface area contributed by atoms with Crippen molar-refractivity contribution >= 4 is 11.8 Å². The molecule has 1 N–H and O–H groups in total. The van der Waals surface area contributed by atoms with Crippen LogP contribution in [0.25, 0.3) is 0 Å². The fourth-order valence-corrected chi connectivity index (χ4v) is 4.54. The summed E-state index contributed by atoms with van der Waals surface area (Å²) in [6, 6.07) is 7.96. The third-order valence-electron chi connectivity index (χ3n) is 6.53. The van der Waals surface area contributed by atoms with Gasteiger partial charge < -0.3 is 15.0 Å². The van der Waals surface area contributed by atoms with Crippen molar-refractivity contribution < 1.29 is 14.3 Å². The number of carbonyl (C=O) groups excluding carboxylic acids is 2. The zero-order chi connectivity index (χ0) is 21.2. The molecule has 1 aromatic carbocycles. The minimum absolute atomic E-state index is 0.107. The van der Waals surface area contributed by atoms with E-state index in [1.165, 1.54) is 19.3 Å². The summed E-state index contributed by atoms with van der Waals surface area (Å²) >= 11 is 0. The summed E-state index contributed by atoms with van der Waals surface area (Å²) in [6.07, 6.45) is 10.4. The van der Waals surface area contributed by atoms with Crippen LogP contribution < -0.4 is 10.1 Å². The lowest BCUT2D eigenvalue weighted by atomic mass is 9.87. The van der Waals surface area contributed by atoms with E-state index in [9.17, 15) is 9.59 Å². The second kappa shape index (κ2) is 12.0. The lowest BCUT2D eigenvalue weighted by Gasteiger charge is -2.35. The Bertz CT molecular complexity index is 659. The second-order valence-electron chi connectivity index (χ2n) is 8.93. The predicted octanol–water partition coefficient (Wildman–Crippen LogP) is 4.69. The van der Waals surface area contributed by atoms with Gasteiger partial charge in [-0.3, -0.25) is 9.59 Å². The van der Waals surface area contributed by atoms with Crippen molar-refractivity contribution in [1.82, 2.24) is 10.2 Å². The standard InChI is InChI=1S/C25H38N2O3/c1-2-3-17-30-23-11-9-21(10-12-23)19-26-24(28)18-20-13-15-27(16-14-20)25(29)22-7-5-4-6-8-22/h9-12,20,22H,2-8,13-19H2,1H3,(H,26,28). The smallest absolute Gasteiger partial charge is 0.225 e. The molecule has 2 fully saturated rings. The molecular weight excluding hydrogens is 376 g/mol. The molecule has 0 aromatic heterocycles. The van der Waals surface area contributed by atoms with Gasteiger partial charge in [-0.2, -0.15) is 0 Å². The van der Waals surface area contributed by atoms with Crippen molar-refractivity contribution in [3.05, 3.63) is 29.8 Å². The summed E-state index contributed by atoms with van der Waals surface area (Å²) in [6.45, 7) is 5.07. The van der Waals surface area contributed by atoms with E-state index in [4.69, 9.17) is 4.74 Å². The van der Waals surface area contributed by atoms with Crippen LogP contribution in [0.15, 0.2) is 24.3 Å². The molecule has 2 amide bonds. The normalized spacial score (nSPS) is 18.2. The molecule has 1 aliphatic heterocycles. The highest BCUT2D eigenvalue weighted by molar-refractivity contribution is 5.79. The van der Waals surface area contributed by atoms with Crippen LogP contribution in [0.4, 0.5) is 0 Å². The molecule has 0 radical (unpaired) electrons. The molecule has 3 rings (SSSR count). The third-order valence-corrected chi connectivity index (χ3v) is 6.53. The lowest BCUT2D eigenvalue weighted by Crippen LogP contribution is -2.43. The zero-order valence-electron chi connectivity index (χ0n) is 18.5. The van der Waals surface area contributed by atoms with Gasteiger partial charge in [-0.05, 0) is 55.7 Å². The van der Waals surface area contributed by atoms with Gasteiger partial charge in [-0.15, -0.1) is 0 Å². The molecule has 0 unspecified atom stereocenters. The summed E-state index contributed by atoms with van der Waals surface area (Å²) in [4.78, 5) is 27.1. The van der Waals surface area contributed by atoms with Crippen LogP contribution in [0, 0.1) is 11.8 Å². The number of nitrogens with zero attached hydrogens (tertiary/aromatic N) is 1. The topological polar surface area (TPSA) is 58.6 Å². The Hall–Kier alpha value is -2.04. The molecule has 1 saturated heterocycles. The van der Waals surface area contributed by atoms with Crippen LogP contribution in [-0.2, 0) is 16.1 Å². The summed E-state index contributed by atoms with van der Waals surface area (Å²) < 4.78 is 5.68. The molecular formula is C25H38N2O3. The van der Waals surface area contributed by atoms with E-state index >= 15 is 0 Å². The monoisotopic (exact) mass is 414 g/mol. The van der Waals surface area contributed by atoms with Crippen molar-refractivity contribution in [3.8, 4) is 5.75 Å². The first-order valence-electron chi connectivity index (χ1n) is 11.9. The summed E-state index contributed by atoms with van der Waals surface area (Å²) in [5.41, 5.74) is 1.08. The molecule has 0 atom stereocenters. The van der Waals surface area contributed by atoms with Crippen LogP contribution in [-0.4, -0.2) is 36.4 Å². The molecule has 0 bridgehead atoms. The number of hydrogen-bond donors (Lipinski definition) is 1. The summed E-state index contributed by atoms with van der Waals surface area (Å²) in [5.74, 6) is 1.99. The highest BCUT2D eigenvalue weighted by Gasteiger charge is 2.29. The predicted molar refractivity (Wildman–Crippen MR) is 119 cm³/mol. The Kier molecular flexibility index (Phi) is 9.03. The average molecular weight is 415 g/mol. The number of carbonyl (C=O) groups is 2. The highest BCUT2D eigenvalue weighted by Crippen LogP contribution is 2.28. The number of ether oxygens (including phenoxy) is 1. The maximum absolute atomic E-state index is 12.7. The minimum Gasteiger partial charge on any atom is -0.494 e. The van der Waals surface area contributed by atoms with Crippen LogP contribution in [0.3, 0.4) is 0 Å². The lowest BCUT2D eigenvalue weighted by molar-refractivity contribution is -0.138. The fourth-order valence-electron chi connectivity index (χ4n) is 4.54. The van der Waals surface area contributed by atoms with Crippen LogP contribution in [0.2, 0.25) is 0 Å². The maximum atomic E-state index is 12.7. The quantitative estimate of drug-likeness (QED) is 0.596. The highest BCUT2D eigenvalue weighted by atomic mass is 16.5. The van der Waals surface area contributed by atoms with E-state index in [0.29, 0.717) is 24.8 Å². The molecule has 1 heterocycles. The number of nitrogens with one attached hydrogen (secondary N) is 1. The number of likely N-dealkylation sites (tertiary alicyclic amines) is 1. The Morgan fingerprint density at radius 3 is 2.40 bits per heavy atom. The number of unbranched alkanes of at least 4 members (excludes halogenated alkanes) is 1. The van der Waals surface area contributed by atoms with Crippen molar-refractivity contribution in [2.45, 2.75) is 77.7 Å². The Labute approximate surface area is 181 Å². The molecule has 2 aliphatic rings. The molecule has 1 aromatic rings. The third kappa shape index (κ3) is 7.03. The Balaban J connectivity index is 1.33. The molecule has 0 spiro atoms. The minimum atomic E-state index is 0.107. The molecule has 5 heteroatoms. The molecule has 166 valence electrons. The number of benzene rings is 1. The van der Waals surface area contributed by atoms with Crippen molar-refractivity contribution in [3.63, 3.8) is 0 Å².